The van der Waals surface area contributed by atoms with Crippen molar-refractivity contribution in [3.8, 4) is 0 Å². The maximum atomic E-state index is 11.2. The molecule has 0 saturated heterocycles. The lowest BCUT2D eigenvalue weighted by Gasteiger charge is -2.06. The number of rotatable bonds is 2. The average Bonchev–Trinajstić information content (AvgIpc) is 2.52. The smallest absolute Gasteiger partial charge is 0.330 e. The van der Waals surface area contributed by atoms with Gasteiger partial charge in [-0.3, -0.25) is 0 Å². The van der Waals surface area contributed by atoms with Gasteiger partial charge in [-0.05, 0) is 17.5 Å². The highest BCUT2D eigenvalue weighted by atomic mass is 35.5. The molecule has 0 aliphatic heterocycles. The molecular weight excluding hydrogens is 286 g/mol. The van der Waals surface area contributed by atoms with E-state index in [0.29, 0.717) is 10.7 Å². The van der Waals surface area contributed by atoms with Crippen LogP contribution in [0.1, 0.15) is 5.56 Å². The highest BCUT2D eigenvalue weighted by molar-refractivity contribution is 6.31. The van der Waals surface area contributed by atoms with Gasteiger partial charge in [-0.15, -0.1) is 0 Å². The summed E-state index contributed by atoms with van der Waals surface area (Å²) in [6, 6.07) is 14.0. The summed E-state index contributed by atoms with van der Waals surface area (Å²) >= 11 is 6.22. The van der Waals surface area contributed by atoms with Crippen molar-refractivity contribution in [1.82, 2.24) is 4.98 Å². The molecule has 0 bridgehead atoms. The molecule has 0 N–H and O–H groups in total. The number of fused-ring (bicyclic) bond motifs is 3. The van der Waals surface area contributed by atoms with Gasteiger partial charge in [0.1, 0.15) is 5.15 Å². The molecule has 4 heteroatoms. The first-order valence-electron chi connectivity index (χ1n) is 6.43. The van der Waals surface area contributed by atoms with Crippen LogP contribution in [0.5, 0.6) is 0 Å². The Balaban J connectivity index is 2.18. The predicted octanol–water partition coefficient (Wildman–Crippen LogP) is 4.23. The maximum absolute atomic E-state index is 11.2. The molecule has 0 radical (unpaired) electrons. The van der Waals surface area contributed by atoms with Crippen LogP contribution in [0.3, 0.4) is 0 Å². The summed E-state index contributed by atoms with van der Waals surface area (Å²) in [5, 5.41) is 3.51. The first-order chi connectivity index (χ1) is 10.2. The van der Waals surface area contributed by atoms with Gasteiger partial charge in [0, 0.05) is 22.4 Å². The number of esters is 1. The van der Waals surface area contributed by atoms with E-state index in [1.807, 2.05) is 42.5 Å². The number of ether oxygens (including phenoxy) is 1. The number of methoxy groups -OCH3 is 1. The first kappa shape index (κ1) is 13.6. The van der Waals surface area contributed by atoms with Gasteiger partial charge >= 0.3 is 5.97 Å². The lowest BCUT2D eigenvalue weighted by molar-refractivity contribution is -0.134. The van der Waals surface area contributed by atoms with Gasteiger partial charge in [0.15, 0.2) is 0 Å². The molecule has 0 aliphatic carbocycles. The van der Waals surface area contributed by atoms with Crippen molar-refractivity contribution in [2.75, 3.05) is 7.11 Å². The summed E-state index contributed by atoms with van der Waals surface area (Å²) in [5.74, 6) is -0.426. The molecule has 0 spiro atoms. The number of carbonyl (C=O) groups is 1. The quantitative estimate of drug-likeness (QED) is 0.307. The lowest BCUT2D eigenvalue weighted by atomic mass is 10.0. The van der Waals surface area contributed by atoms with E-state index in [0.717, 1.165) is 21.7 Å². The molecule has 0 amide bonds. The van der Waals surface area contributed by atoms with E-state index >= 15 is 0 Å². The van der Waals surface area contributed by atoms with E-state index in [4.69, 9.17) is 11.6 Å². The third kappa shape index (κ3) is 2.60. The van der Waals surface area contributed by atoms with Crippen molar-refractivity contribution in [3.05, 3.63) is 59.3 Å². The Morgan fingerprint density at radius 3 is 2.76 bits per heavy atom. The summed E-state index contributed by atoms with van der Waals surface area (Å²) in [7, 11) is 1.33. The van der Waals surface area contributed by atoms with Crippen molar-refractivity contribution in [2.24, 2.45) is 0 Å². The van der Waals surface area contributed by atoms with E-state index in [1.165, 1.54) is 13.2 Å². The second-order valence-electron chi connectivity index (χ2n) is 4.58. The largest absolute Gasteiger partial charge is 0.466 e. The topological polar surface area (TPSA) is 39.2 Å². The van der Waals surface area contributed by atoms with Crippen LogP contribution >= 0.6 is 11.6 Å². The Hall–Kier alpha value is -2.39. The Morgan fingerprint density at radius 2 is 1.95 bits per heavy atom. The zero-order valence-corrected chi connectivity index (χ0v) is 12.1. The second kappa shape index (κ2) is 5.54. The lowest BCUT2D eigenvalue weighted by Crippen LogP contribution is -1.94. The minimum atomic E-state index is -0.426. The summed E-state index contributed by atoms with van der Waals surface area (Å²) in [5.41, 5.74) is 1.54. The van der Waals surface area contributed by atoms with Crippen LogP contribution in [-0.4, -0.2) is 18.1 Å². The number of benzene rings is 2. The van der Waals surface area contributed by atoms with E-state index < -0.39 is 5.97 Å². The van der Waals surface area contributed by atoms with Crippen LogP contribution in [0.25, 0.3) is 27.8 Å². The monoisotopic (exact) mass is 297 g/mol. The third-order valence-corrected chi connectivity index (χ3v) is 3.59. The molecule has 3 rings (SSSR count). The van der Waals surface area contributed by atoms with Crippen LogP contribution < -0.4 is 0 Å². The minimum Gasteiger partial charge on any atom is -0.466 e. The Bertz CT molecular complexity index is 871. The van der Waals surface area contributed by atoms with Crippen LogP contribution in [0, 0.1) is 0 Å². The molecule has 0 unspecified atom stereocenters. The number of carbonyl (C=O) groups excluding carboxylic acids is 1. The Morgan fingerprint density at radius 1 is 1.19 bits per heavy atom. The molecule has 0 atom stereocenters. The fourth-order valence-corrected chi connectivity index (χ4v) is 2.45. The number of pyridine rings is 1. The second-order valence-corrected chi connectivity index (χ2v) is 4.94. The van der Waals surface area contributed by atoms with Gasteiger partial charge in [0.25, 0.3) is 0 Å². The summed E-state index contributed by atoms with van der Waals surface area (Å²) in [6.45, 7) is 0. The van der Waals surface area contributed by atoms with Crippen molar-refractivity contribution >= 4 is 45.3 Å². The zero-order chi connectivity index (χ0) is 14.8. The Kier molecular flexibility index (Phi) is 3.59. The molecule has 0 fully saturated rings. The van der Waals surface area contributed by atoms with Gasteiger partial charge in [-0.25, -0.2) is 9.78 Å². The molecule has 1 heterocycles. The number of nitrogens with zero attached hydrogens (tertiary/aromatic N) is 1. The average molecular weight is 298 g/mol. The van der Waals surface area contributed by atoms with Gasteiger partial charge < -0.3 is 4.74 Å². The number of hydrogen-bond donors (Lipinski definition) is 0. The number of hydrogen-bond acceptors (Lipinski definition) is 3. The first-order valence-corrected chi connectivity index (χ1v) is 6.81. The van der Waals surface area contributed by atoms with E-state index in [-0.39, 0.29) is 0 Å². The van der Waals surface area contributed by atoms with Gasteiger partial charge in [-0.1, -0.05) is 48.0 Å². The molecule has 0 saturated carbocycles. The number of aromatic nitrogens is 1. The molecule has 3 nitrogen and oxygen atoms in total. The number of halogens is 1. The molecule has 3 aromatic rings. The fourth-order valence-electron chi connectivity index (χ4n) is 2.25. The van der Waals surface area contributed by atoms with Crippen LogP contribution in [0.2, 0.25) is 5.15 Å². The maximum Gasteiger partial charge on any atom is 0.330 e. The minimum absolute atomic E-state index is 0.360. The fraction of sp³-hybridized carbons (Fsp3) is 0.0588. The van der Waals surface area contributed by atoms with Crippen molar-refractivity contribution in [2.45, 2.75) is 0 Å². The zero-order valence-electron chi connectivity index (χ0n) is 11.3. The normalized spacial score (nSPS) is 11.3. The van der Waals surface area contributed by atoms with E-state index in [1.54, 1.807) is 6.08 Å². The molecule has 1 aromatic heterocycles. The Labute approximate surface area is 126 Å². The van der Waals surface area contributed by atoms with Crippen molar-refractivity contribution in [1.29, 1.82) is 0 Å². The van der Waals surface area contributed by atoms with Crippen LogP contribution in [0.15, 0.2) is 48.5 Å². The molecule has 21 heavy (non-hydrogen) atoms. The summed E-state index contributed by atoms with van der Waals surface area (Å²) in [6.07, 6.45) is 2.94. The summed E-state index contributed by atoms with van der Waals surface area (Å²) in [4.78, 5) is 15.6. The van der Waals surface area contributed by atoms with Gasteiger partial charge in [0.2, 0.25) is 0 Å². The standard InChI is InChI=1S/C17H12ClNO2/c1-21-15(20)9-8-13-10-12-7-6-11-4-2-3-5-14(11)16(12)19-17(13)18/h2-10H,1H3/b9-8+. The highest BCUT2D eigenvalue weighted by Gasteiger charge is 2.06. The molecule has 104 valence electrons. The van der Waals surface area contributed by atoms with Crippen molar-refractivity contribution < 1.29 is 9.53 Å². The highest BCUT2D eigenvalue weighted by Crippen LogP contribution is 2.27. The molecule has 0 aliphatic rings. The van der Waals surface area contributed by atoms with E-state index in [2.05, 4.69) is 9.72 Å². The molecule has 2 aromatic carbocycles. The van der Waals surface area contributed by atoms with Crippen LogP contribution in [-0.2, 0) is 9.53 Å². The SMILES string of the molecule is COC(=O)/C=C/c1cc2ccc3ccccc3c2nc1Cl. The van der Waals surface area contributed by atoms with Gasteiger partial charge in [0.05, 0.1) is 12.6 Å². The molecular formula is C17H12ClNO2. The third-order valence-electron chi connectivity index (χ3n) is 3.29. The van der Waals surface area contributed by atoms with E-state index in [9.17, 15) is 4.79 Å². The van der Waals surface area contributed by atoms with Gasteiger partial charge in [-0.2, -0.15) is 0 Å². The van der Waals surface area contributed by atoms with Crippen molar-refractivity contribution in [3.63, 3.8) is 0 Å². The van der Waals surface area contributed by atoms with Crippen LogP contribution in [0.4, 0.5) is 0 Å². The summed E-state index contributed by atoms with van der Waals surface area (Å²) < 4.78 is 4.57. The predicted molar refractivity (Wildman–Crippen MR) is 85.3 cm³/mol.